The molecule has 2 aliphatic heterocycles. The molecule has 0 bridgehead atoms. The monoisotopic (exact) mass is 397 g/mol. The van der Waals surface area contributed by atoms with Crippen molar-refractivity contribution in [2.75, 3.05) is 13.2 Å². The van der Waals surface area contributed by atoms with Crippen LogP contribution >= 0.6 is 11.6 Å². The lowest BCUT2D eigenvalue weighted by Gasteiger charge is -2.27. The van der Waals surface area contributed by atoms with Crippen LogP contribution < -0.4 is 0 Å². The fourth-order valence-corrected chi connectivity index (χ4v) is 3.95. The Balaban J connectivity index is 1.81. The predicted octanol–water partition coefficient (Wildman–Crippen LogP) is 3.94. The van der Waals surface area contributed by atoms with Crippen LogP contribution in [0.15, 0.2) is 60.2 Å². The van der Waals surface area contributed by atoms with E-state index in [0.717, 1.165) is 18.4 Å². The second kappa shape index (κ2) is 7.78. The zero-order chi connectivity index (χ0) is 19.7. The number of ether oxygens (including phenoxy) is 1. The number of carbonyl (C=O) groups excluding carboxylic acids is 2. The SMILES string of the molecule is O=C1C(=O)N(C[C@@H]2CCCO2)[C@H](c2ccc(Cl)cc2)C1=C(O)c1ccccc1. The van der Waals surface area contributed by atoms with Crippen LogP contribution in [-0.4, -0.2) is 41.0 Å². The van der Waals surface area contributed by atoms with E-state index < -0.39 is 17.7 Å². The molecule has 2 aliphatic rings. The summed E-state index contributed by atoms with van der Waals surface area (Å²) in [7, 11) is 0. The number of likely N-dealkylation sites (tertiary alicyclic amines) is 1. The molecule has 0 aliphatic carbocycles. The van der Waals surface area contributed by atoms with Crippen molar-refractivity contribution in [1.29, 1.82) is 0 Å². The number of benzene rings is 2. The van der Waals surface area contributed by atoms with Gasteiger partial charge in [0.15, 0.2) is 0 Å². The Kier molecular flexibility index (Phi) is 5.20. The smallest absolute Gasteiger partial charge is 0.295 e. The summed E-state index contributed by atoms with van der Waals surface area (Å²) in [5.41, 5.74) is 1.31. The first-order valence-electron chi connectivity index (χ1n) is 9.27. The van der Waals surface area contributed by atoms with E-state index in [-0.39, 0.29) is 17.4 Å². The zero-order valence-electron chi connectivity index (χ0n) is 15.2. The van der Waals surface area contributed by atoms with Crippen LogP contribution in [0, 0.1) is 0 Å². The van der Waals surface area contributed by atoms with Gasteiger partial charge in [-0.1, -0.05) is 54.1 Å². The lowest BCUT2D eigenvalue weighted by molar-refractivity contribution is -0.140. The number of aliphatic hydroxyl groups is 1. The third-order valence-corrected chi connectivity index (χ3v) is 5.45. The lowest BCUT2D eigenvalue weighted by atomic mass is 9.95. The van der Waals surface area contributed by atoms with E-state index in [2.05, 4.69) is 0 Å². The number of nitrogens with zero attached hydrogens (tertiary/aromatic N) is 1. The highest BCUT2D eigenvalue weighted by Crippen LogP contribution is 2.40. The van der Waals surface area contributed by atoms with Crippen molar-refractivity contribution in [3.63, 3.8) is 0 Å². The van der Waals surface area contributed by atoms with Crippen LogP contribution in [0.2, 0.25) is 5.02 Å². The molecule has 2 aromatic carbocycles. The van der Waals surface area contributed by atoms with Gasteiger partial charge in [0.05, 0.1) is 17.7 Å². The minimum atomic E-state index is -0.681. The highest BCUT2D eigenvalue weighted by Gasteiger charge is 2.46. The largest absolute Gasteiger partial charge is 0.507 e. The number of hydrogen-bond donors (Lipinski definition) is 1. The third-order valence-electron chi connectivity index (χ3n) is 5.20. The molecule has 2 aromatic rings. The van der Waals surface area contributed by atoms with Gasteiger partial charge in [0.25, 0.3) is 11.7 Å². The molecule has 0 aromatic heterocycles. The van der Waals surface area contributed by atoms with Crippen LogP contribution in [0.5, 0.6) is 0 Å². The normalized spacial score (nSPS) is 24.1. The summed E-state index contributed by atoms with van der Waals surface area (Å²) in [6.07, 6.45) is 1.67. The number of rotatable bonds is 4. The van der Waals surface area contributed by atoms with Crippen LogP contribution in [0.1, 0.15) is 30.0 Å². The van der Waals surface area contributed by atoms with Gasteiger partial charge in [-0.25, -0.2) is 0 Å². The fraction of sp³-hybridized carbons (Fsp3) is 0.273. The molecule has 2 saturated heterocycles. The molecule has 0 saturated carbocycles. The van der Waals surface area contributed by atoms with Crippen molar-refractivity contribution in [3.8, 4) is 0 Å². The Morgan fingerprint density at radius 2 is 1.82 bits per heavy atom. The summed E-state index contributed by atoms with van der Waals surface area (Å²) >= 11 is 6.02. The minimum Gasteiger partial charge on any atom is -0.507 e. The summed E-state index contributed by atoms with van der Waals surface area (Å²) in [5.74, 6) is -1.47. The van der Waals surface area contributed by atoms with Gasteiger partial charge in [0, 0.05) is 23.7 Å². The Morgan fingerprint density at radius 1 is 1.11 bits per heavy atom. The highest BCUT2D eigenvalue weighted by molar-refractivity contribution is 6.46. The van der Waals surface area contributed by atoms with Gasteiger partial charge >= 0.3 is 0 Å². The van der Waals surface area contributed by atoms with Crippen molar-refractivity contribution in [2.24, 2.45) is 0 Å². The summed E-state index contributed by atoms with van der Waals surface area (Å²) in [6, 6.07) is 15.1. The first-order chi connectivity index (χ1) is 13.6. The number of carbonyl (C=O) groups is 2. The van der Waals surface area contributed by atoms with Crippen LogP contribution in [-0.2, 0) is 14.3 Å². The van der Waals surface area contributed by atoms with Crippen LogP contribution in [0.4, 0.5) is 0 Å². The molecule has 144 valence electrons. The van der Waals surface area contributed by atoms with E-state index in [4.69, 9.17) is 16.3 Å². The maximum Gasteiger partial charge on any atom is 0.295 e. The lowest BCUT2D eigenvalue weighted by Crippen LogP contribution is -2.36. The van der Waals surface area contributed by atoms with E-state index in [1.807, 2.05) is 6.07 Å². The molecule has 2 heterocycles. The molecule has 5 nitrogen and oxygen atoms in total. The number of Topliss-reactive ketones (excluding diaryl/α,β-unsaturated/α-hetero) is 1. The predicted molar refractivity (Wildman–Crippen MR) is 106 cm³/mol. The Bertz CT molecular complexity index is 917. The summed E-state index contributed by atoms with van der Waals surface area (Å²) in [5, 5.41) is 11.5. The Labute approximate surface area is 168 Å². The molecule has 2 atom stereocenters. The van der Waals surface area contributed by atoms with Crippen molar-refractivity contribution < 1.29 is 19.4 Å². The number of hydrogen-bond acceptors (Lipinski definition) is 4. The van der Waals surface area contributed by atoms with Crippen molar-refractivity contribution >= 4 is 29.1 Å². The molecule has 6 heteroatoms. The average molecular weight is 398 g/mol. The van der Waals surface area contributed by atoms with E-state index in [9.17, 15) is 14.7 Å². The van der Waals surface area contributed by atoms with Gasteiger partial charge in [-0.2, -0.15) is 0 Å². The number of amides is 1. The molecule has 1 N–H and O–H groups in total. The second-order valence-corrected chi connectivity index (χ2v) is 7.44. The van der Waals surface area contributed by atoms with Crippen molar-refractivity contribution in [2.45, 2.75) is 25.0 Å². The summed E-state index contributed by atoms with van der Waals surface area (Å²) < 4.78 is 5.68. The average Bonchev–Trinajstić information content (AvgIpc) is 3.31. The van der Waals surface area contributed by atoms with E-state index >= 15 is 0 Å². The minimum absolute atomic E-state index is 0.0940. The van der Waals surface area contributed by atoms with Crippen molar-refractivity contribution in [3.05, 3.63) is 76.3 Å². The second-order valence-electron chi connectivity index (χ2n) is 7.00. The highest BCUT2D eigenvalue weighted by atomic mass is 35.5. The molecule has 0 radical (unpaired) electrons. The van der Waals surface area contributed by atoms with Crippen molar-refractivity contribution in [1.82, 2.24) is 4.90 Å². The van der Waals surface area contributed by atoms with Gasteiger partial charge in [-0.05, 0) is 30.5 Å². The van der Waals surface area contributed by atoms with E-state index in [1.165, 1.54) is 4.90 Å². The molecular formula is C22H20ClNO4. The number of ketones is 1. The Morgan fingerprint density at radius 3 is 2.46 bits per heavy atom. The van der Waals surface area contributed by atoms with Crippen LogP contribution in [0.3, 0.4) is 0 Å². The fourth-order valence-electron chi connectivity index (χ4n) is 3.82. The van der Waals surface area contributed by atoms with Gasteiger partial charge in [-0.15, -0.1) is 0 Å². The first kappa shape index (κ1) is 18.7. The molecule has 2 fully saturated rings. The topological polar surface area (TPSA) is 66.8 Å². The van der Waals surface area contributed by atoms with Gasteiger partial charge < -0.3 is 14.7 Å². The molecule has 4 rings (SSSR count). The first-order valence-corrected chi connectivity index (χ1v) is 9.65. The maximum atomic E-state index is 12.9. The van der Waals surface area contributed by atoms with Gasteiger partial charge in [-0.3, -0.25) is 9.59 Å². The standard InChI is InChI=1S/C22H20ClNO4/c23-16-10-8-14(9-11-16)19-18(20(25)15-5-2-1-3-6-15)21(26)22(27)24(19)13-17-7-4-12-28-17/h1-3,5-6,8-11,17,19,25H,4,7,12-13H2/t17-,19+/m0/s1. The third kappa shape index (κ3) is 3.43. The van der Waals surface area contributed by atoms with Crippen LogP contribution in [0.25, 0.3) is 5.76 Å². The molecule has 0 unspecified atom stereocenters. The molecule has 0 spiro atoms. The quantitative estimate of drug-likeness (QED) is 0.482. The molecule has 28 heavy (non-hydrogen) atoms. The van der Waals surface area contributed by atoms with E-state index in [1.54, 1.807) is 48.5 Å². The molecular weight excluding hydrogens is 378 g/mol. The summed E-state index contributed by atoms with van der Waals surface area (Å²) in [4.78, 5) is 27.2. The van der Waals surface area contributed by atoms with Gasteiger partial charge in [0.2, 0.25) is 0 Å². The van der Waals surface area contributed by atoms with Gasteiger partial charge in [0.1, 0.15) is 5.76 Å². The van der Waals surface area contributed by atoms with E-state index in [0.29, 0.717) is 23.7 Å². The zero-order valence-corrected chi connectivity index (χ0v) is 15.9. The summed E-state index contributed by atoms with van der Waals surface area (Å²) in [6.45, 7) is 0.966. The number of aliphatic hydroxyl groups excluding tert-OH is 1. The number of halogens is 1. The molecule has 1 amide bonds. The maximum absolute atomic E-state index is 12.9. The Hall–Kier alpha value is -2.63.